The smallest absolute Gasteiger partial charge is 0.335 e. The van der Waals surface area contributed by atoms with Gasteiger partial charge in [0.05, 0.1) is 10.8 Å². The molecule has 2 amide bonds. The number of benzene rings is 2. The Morgan fingerprint density at radius 2 is 1.75 bits per heavy atom. The van der Waals surface area contributed by atoms with Crippen LogP contribution in [0.1, 0.15) is 43.5 Å². The lowest BCUT2D eigenvalue weighted by atomic mass is 10.2. The first kappa shape index (κ1) is 21.5. The van der Waals surface area contributed by atoms with Gasteiger partial charge in [-0.1, -0.05) is 19.4 Å². The second-order valence-corrected chi connectivity index (χ2v) is 7.73. The maximum atomic E-state index is 12.4. The van der Waals surface area contributed by atoms with E-state index in [4.69, 9.17) is 5.11 Å². The average molecular weight is 401 g/mol. The van der Waals surface area contributed by atoms with Gasteiger partial charge in [-0.25, -0.2) is 4.79 Å². The van der Waals surface area contributed by atoms with Gasteiger partial charge in [0.1, 0.15) is 0 Å². The summed E-state index contributed by atoms with van der Waals surface area (Å²) in [5.74, 6) is -1.26. The Labute approximate surface area is 168 Å². The van der Waals surface area contributed by atoms with Gasteiger partial charge in [0, 0.05) is 22.7 Å². The lowest BCUT2D eigenvalue weighted by Crippen LogP contribution is -2.22. The normalized spacial score (nSPS) is 11.5. The molecule has 0 heterocycles. The van der Waals surface area contributed by atoms with Gasteiger partial charge in [0.25, 0.3) is 0 Å². The van der Waals surface area contributed by atoms with Gasteiger partial charge in [0.2, 0.25) is 11.8 Å². The average Bonchev–Trinajstić information content (AvgIpc) is 2.68. The van der Waals surface area contributed by atoms with Gasteiger partial charge in [-0.05, 0) is 55.8 Å². The van der Waals surface area contributed by atoms with Crippen LogP contribution in [-0.2, 0) is 9.59 Å². The van der Waals surface area contributed by atoms with Gasteiger partial charge in [-0.15, -0.1) is 11.8 Å². The molecule has 7 heteroatoms. The molecule has 0 saturated heterocycles. The molecule has 1 atom stereocenters. The summed E-state index contributed by atoms with van der Waals surface area (Å²) in [6.45, 7) is 3.82. The highest BCUT2D eigenvalue weighted by molar-refractivity contribution is 8.00. The molecule has 0 aliphatic carbocycles. The standard InChI is InChI=1S/C21H24N2O4S/c1-3-4-8-19(24)22-16-9-11-18(12-10-16)28-14(2)20(25)23-17-7-5-6-15(13-17)21(26)27/h5-7,9-14H,3-4,8H2,1-2H3,(H,22,24)(H,23,25)(H,26,27). The Balaban J connectivity index is 1.90. The summed E-state index contributed by atoms with van der Waals surface area (Å²) in [6.07, 6.45) is 2.35. The first-order valence-corrected chi connectivity index (χ1v) is 9.97. The van der Waals surface area contributed by atoms with E-state index in [1.54, 1.807) is 19.1 Å². The van der Waals surface area contributed by atoms with Crippen molar-refractivity contribution in [2.24, 2.45) is 0 Å². The molecule has 0 spiro atoms. The number of hydrogen-bond donors (Lipinski definition) is 3. The lowest BCUT2D eigenvalue weighted by molar-refractivity contribution is -0.116. The summed E-state index contributed by atoms with van der Waals surface area (Å²) >= 11 is 1.38. The number of anilines is 2. The molecule has 0 saturated carbocycles. The Kier molecular flexibility index (Phi) is 8.07. The molecule has 2 aromatic rings. The number of nitrogens with one attached hydrogen (secondary N) is 2. The van der Waals surface area contributed by atoms with Crippen molar-refractivity contribution in [1.82, 2.24) is 0 Å². The van der Waals surface area contributed by atoms with Crippen molar-refractivity contribution in [1.29, 1.82) is 0 Å². The summed E-state index contributed by atoms with van der Waals surface area (Å²) in [7, 11) is 0. The molecule has 3 N–H and O–H groups in total. The summed E-state index contributed by atoms with van der Waals surface area (Å²) in [6, 6.07) is 13.5. The highest BCUT2D eigenvalue weighted by Gasteiger charge is 2.15. The van der Waals surface area contributed by atoms with Gasteiger partial charge in [0.15, 0.2) is 0 Å². The highest BCUT2D eigenvalue weighted by atomic mass is 32.2. The number of carboxylic acid groups (broad SMARTS) is 1. The van der Waals surface area contributed by atoms with Crippen molar-refractivity contribution in [3.8, 4) is 0 Å². The molecule has 0 bridgehead atoms. The molecule has 0 aliphatic heterocycles. The van der Waals surface area contributed by atoms with Gasteiger partial charge < -0.3 is 15.7 Å². The molecule has 148 valence electrons. The minimum absolute atomic E-state index is 0.00131. The van der Waals surface area contributed by atoms with Crippen molar-refractivity contribution in [3.63, 3.8) is 0 Å². The number of rotatable bonds is 9. The number of carbonyl (C=O) groups excluding carboxylic acids is 2. The van der Waals surface area contributed by atoms with Crippen LogP contribution in [0.2, 0.25) is 0 Å². The predicted octanol–water partition coefficient (Wildman–Crippen LogP) is 4.63. The third-order valence-electron chi connectivity index (χ3n) is 3.95. The Bertz CT molecular complexity index is 837. The van der Waals surface area contributed by atoms with Crippen LogP contribution in [0, 0.1) is 0 Å². The van der Waals surface area contributed by atoms with E-state index in [9.17, 15) is 14.4 Å². The minimum atomic E-state index is -1.04. The summed E-state index contributed by atoms with van der Waals surface area (Å²) in [5.41, 5.74) is 1.30. The SMILES string of the molecule is CCCCC(=O)Nc1ccc(SC(C)C(=O)Nc2cccc(C(=O)O)c2)cc1. The number of thioether (sulfide) groups is 1. The molecular formula is C21H24N2O4S. The zero-order chi connectivity index (χ0) is 20.5. The number of aromatic carboxylic acids is 1. The predicted molar refractivity (Wildman–Crippen MR) is 112 cm³/mol. The second-order valence-electron chi connectivity index (χ2n) is 6.31. The molecular weight excluding hydrogens is 376 g/mol. The molecule has 2 aromatic carbocycles. The molecule has 0 radical (unpaired) electrons. The Morgan fingerprint density at radius 1 is 1.04 bits per heavy atom. The summed E-state index contributed by atoms with van der Waals surface area (Å²) < 4.78 is 0. The van der Waals surface area contributed by atoms with E-state index in [1.165, 1.54) is 23.9 Å². The van der Waals surface area contributed by atoms with Crippen LogP contribution in [-0.4, -0.2) is 28.1 Å². The van der Waals surface area contributed by atoms with Crippen molar-refractivity contribution >= 4 is 40.9 Å². The van der Waals surface area contributed by atoms with E-state index >= 15 is 0 Å². The molecule has 0 aliphatic rings. The zero-order valence-corrected chi connectivity index (χ0v) is 16.7. The van der Waals surface area contributed by atoms with Crippen LogP contribution in [0.4, 0.5) is 11.4 Å². The maximum Gasteiger partial charge on any atom is 0.335 e. The molecule has 2 rings (SSSR count). The van der Waals surface area contributed by atoms with E-state index in [0.29, 0.717) is 12.1 Å². The van der Waals surface area contributed by atoms with Crippen molar-refractivity contribution in [3.05, 3.63) is 54.1 Å². The Hall–Kier alpha value is -2.80. The molecule has 0 aromatic heterocycles. The van der Waals surface area contributed by atoms with Gasteiger partial charge in [-0.2, -0.15) is 0 Å². The van der Waals surface area contributed by atoms with Crippen molar-refractivity contribution < 1.29 is 19.5 Å². The first-order chi connectivity index (χ1) is 13.4. The monoisotopic (exact) mass is 400 g/mol. The maximum absolute atomic E-state index is 12.4. The van der Waals surface area contributed by atoms with Gasteiger partial charge >= 0.3 is 5.97 Å². The van der Waals surface area contributed by atoms with Crippen LogP contribution in [0.3, 0.4) is 0 Å². The fraction of sp³-hybridized carbons (Fsp3) is 0.286. The van der Waals surface area contributed by atoms with Crippen LogP contribution in [0.15, 0.2) is 53.4 Å². The highest BCUT2D eigenvalue weighted by Crippen LogP contribution is 2.26. The van der Waals surface area contributed by atoms with Crippen LogP contribution >= 0.6 is 11.8 Å². The van der Waals surface area contributed by atoms with E-state index in [0.717, 1.165) is 23.4 Å². The third kappa shape index (κ3) is 6.74. The number of carboxylic acids is 1. The van der Waals surface area contributed by atoms with Gasteiger partial charge in [-0.3, -0.25) is 9.59 Å². The largest absolute Gasteiger partial charge is 0.478 e. The first-order valence-electron chi connectivity index (χ1n) is 9.10. The van der Waals surface area contributed by atoms with Crippen LogP contribution in [0.5, 0.6) is 0 Å². The number of amides is 2. The summed E-state index contributed by atoms with van der Waals surface area (Å²) in [5, 5.41) is 14.2. The fourth-order valence-electron chi connectivity index (χ4n) is 2.41. The summed E-state index contributed by atoms with van der Waals surface area (Å²) in [4.78, 5) is 36.0. The molecule has 28 heavy (non-hydrogen) atoms. The Morgan fingerprint density at radius 3 is 2.39 bits per heavy atom. The van der Waals surface area contributed by atoms with E-state index in [-0.39, 0.29) is 22.6 Å². The minimum Gasteiger partial charge on any atom is -0.478 e. The van der Waals surface area contributed by atoms with E-state index < -0.39 is 5.97 Å². The van der Waals surface area contributed by atoms with Crippen molar-refractivity contribution in [2.45, 2.75) is 43.3 Å². The third-order valence-corrected chi connectivity index (χ3v) is 5.07. The number of carbonyl (C=O) groups is 3. The lowest BCUT2D eigenvalue weighted by Gasteiger charge is -2.13. The fourth-order valence-corrected chi connectivity index (χ4v) is 3.28. The molecule has 1 unspecified atom stereocenters. The molecule has 0 fully saturated rings. The number of hydrogen-bond acceptors (Lipinski definition) is 4. The van der Waals surface area contributed by atoms with Crippen LogP contribution < -0.4 is 10.6 Å². The topological polar surface area (TPSA) is 95.5 Å². The van der Waals surface area contributed by atoms with Crippen LogP contribution in [0.25, 0.3) is 0 Å². The van der Waals surface area contributed by atoms with Crippen molar-refractivity contribution in [2.75, 3.05) is 10.6 Å². The molecule has 6 nitrogen and oxygen atoms in total. The zero-order valence-electron chi connectivity index (χ0n) is 15.9. The number of unbranched alkanes of at least 4 members (excludes halogenated alkanes) is 1. The van der Waals surface area contributed by atoms with E-state index in [1.807, 2.05) is 31.2 Å². The van der Waals surface area contributed by atoms with E-state index in [2.05, 4.69) is 10.6 Å². The quantitative estimate of drug-likeness (QED) is 0.533. The second kappa shape index (κ2) is 10.5.